The van der Waals surface area contributed by atoms with Crippen molar-refractivity contribution in [1.82, 2.24) is 5.32 Å². The van der Waals surface area contributed by atoms with Crippen LogP contribution in [0.3, 0.4) is 0 Å². The summed E-state index contributed by atoms with van der Waals surface area (Å²) in [6.45, 7) is 0.318. The molecule has 0 saturated carbocycles. The van der Waals surface area contributed by atoms with E-state index in [-0.39, 0.29) is 16.4 Å². The maximum atomic E-state index is 13.1. The summed E-state index contributed by atoms with van der Waals surface area (Å²) >= 11 is 10.2. The van der Waals surface area contributed by atoms with Gasteiger partial charge in [0.1, 0.15) is 17.1 Å². The van der Waals surface area contributed by atoms with Crippen molar-refractivity contribution in [3.05, 3.63) is 97.9 Å². The zero-order chi connectivity index (χ0) is 23.5. The minimum Gasteiger partial charge on any atom is -0.588 e. The van der Waals surface area contributed by atoms with Crippen molar-refractivity contribution in [1.29, 1.82) is 0 Å². The molecule has 3 aromatic carbocycles. The van der Waals surface area contributed by atoms with E-state index in [9.17, 15) is 14.1 Å². The summed E-state index contributed by atoms with van der Waals surface area (Å²) in [6, 6.07) is 16.8. The molecule has 0 aromatic heterocycles. The summed E-state index contributed by atoms with van der Waals surface area (Å²) in [7, 11) is 1.59. The average molecular weight is 501 g/mol. The first-order valence-corrected chi connectivity index (χ1v) is 11.7. The van der Waals surface area contributed by atoms with E-state index in [1.807, 2.05) is 24.3 Å². The highest BCUT2D eigenvalue weighted by atomic mass is 35.5. The second-order valence-corrected chi connectivity index (χ2v) is 9.17. The summed E-state index contributed by atoms with van der Waals surface area (Å²) in [5.41, 5.74) is 2.47. The summed E-state index contributed by atoms with van der Waals surface area (Å²) in [6.07, 6.45) is 1.49. The number of methoxy groups -OCH3 is 1. The van der Waals surface area contributed by atoms with Gasteiger partial charge in [-0.15, -0.1) is 0 Å². The van der Waals surface area contributed by atoms with E-state index in [1.165, 1.54) is 12.1 Å². The minimum atomic E-state index is -1.76. The third kappa shape index (κ3) is 5.17. The molecule has 0 spiro atoms. The Labute approximate surface area is 203 Å². The second kappa shape index (κ2) is 9.89. The van der Waals surface area contributed by atoms with E-state index in [2.05, 4.69) is 10.0 Å². The smallest absolute Gasteiger partial charge is 0.251 e. The molecule has 0 saturated heterocycles. The fourth-order valence-electron chi connectivity index (χ4n) is 3.23. The van der Waals surface area contributed by atoms with Gasteiger partial charge in [-0.1, -0.05) is 41.4 Å². The Hall–Kier alpha value is -2.97. The predicted molar refractivity (Wildman–Crippen MR) is 131 cm³/mol. The molecule has 1 aliphatic rings. The Bertz CT molecular complexity index is 1260. The minimum absolute atomic E-state index is 0.0525. The highest BCUT2D eigenvalue weighted by Gasteiger charge is 2.34. The molecule has 168 valence electrons. The largest absolute Gasteiger partial charge is 0.588 e. The molecule has 1 atom stereocenters. The maximum Gasteiger partial charge on any atom is 0.251 e. The van der Waals surface area contributed by atoms with E-state index in [0.29, 0.717) is 33.4 Å². The number of benzene rings is 3. The number of hydrogen-bond acceptors (Lipinski definition) is 5. The van der Waals surface area contributed by atoms with Gasteiger partial charge in [0.25, 0.3) is 5.91 Å². The number of allylic oxidation sites excluding steroid dienone is 1. The molecule has 33 heavy (non-hydrogen) atoms. The van der Waals surface area contributed by atoms with Gasteiger partial charge in [0.05, 0.1) is 28.4 Å². The number of ketones is 1. The van der Waals surface area contributed by atoms with Gasteiger partial charge < -0.3 is 14.6 Å². The number of nitrogens with one attached hydrogen (secondary N) is 2. The van der Waals surface area contributed by atoms with Crippen molar-refractivity contribution in [2.75, 3.05) is 11.8 Å². The first-order valence-electron chi connectivity index (χ1n) is 9.81. The van der Waals surface area contributed by atoms with Crippen molar-refractivity contribution in [2.24, 2.45) is 0 Å². The van der Waals surface area contributed by atoms with E-state index in [0.717, 1.165) is 11.3 Å². The molecule has 1 unspecified atom stereocenters. The van der Waals surface area contributed by atoms with Crippen molar-refractivity contribution in [3.63, 3.8) is 0 Å². The molecular weight excluding hydrogens is 483 g/mol. The fraction of sp³-hybridized carbons (Fsp3) is 0.0833. The predicted octanol–water partition coefficient (Wildman–Crippen LogP) is 5.25. The van der Waals surface area contributed by atoms with Gasteiger partial charge in [-0.3, -0.25) is 9.59 Å². The van der Waals surface area contributed by atoms with Crippen molar-refractivity contribution in [3.8, 4) is 5.75 Å². The molecular formula is C24H18Cl2N2O4S. The normalized spacial score (nSPS) is 16.2. The molecule has 9 heteroatoms. The zero-order valence-electron chi connectivity index (χ0n) is 17.4. The Morgan fingerprint density at radius 2 is 1.85 bits per heavy atom. The number of hydrogen-bond donors (Lipinski definition) is 2. The van der Waals surface area contributed by atoms with Crippen LogP contribution in [0.2, 0.25) is 10.0 Å². The number of ether oxygens (including phenoxy) is 1. The van der Waals surface area contributed by atoms with Gasteiger partial charge in [-0.05, 0) is 53.6 Å². The highest BCUT2D eigenvalue weighted by Crippen LogP contribution is 2.32. The maximum absolute atomic E-state index is 13.1. The lowest BCUT2D eigenvalue weighted by Gasteiger charge is -2.21. The Morgan fingerprint density at radius 1 is 1.09 bits per heavy atom. The standard InChI is InChI=1S/C24H18Cl2N2O4S/c1-32-17-6-2-14(3-7-17)13-27-24(30)16-5-9-21-18(12-16)23(29)22(33(31)28-21)11-15-4-8-19(25)20(26)10-15/h2-12,28H,13H2,1H3,(H,27,30)/b22-11+. The topological polar surface area (TPSA) is 90.5 Å². The molecule has 1 amide bonds. The lowest BCUT2D eigenvalue weighted by Crippen LogP contribution is -2.28. The lowest BCUT2D eigenvalue weighted by molar-refractivity contribution is 0.0951. The number of rotatable bonds is 5. The van der Waals surface area contributed by atoms with Gasteiger partial charge in [-0.25, -0.2) is 4.72 Å². The Morgan fingerprint density at radius 3 is 2.55 bits per heavy atom. The number of halogens is 2. The molecule has 0 bridgehead atoms. The lowest BCUT2D eigenvalue weighted by atomic mass is 10.0. The first-order chi connectivity index (χ1) is 15.9. The van der Waals surface area contributed by atoms with Crippen LogP contribution in [0.4, 0.5) is 5.69 Å². The third-order valence-corrected chi connectivity index (χ3v) is 6.85. The SMILES string of the molecule is COc1ccc(CNC(=O)c2ccc3c(c2)C(=O)/C(=C\c2ccc(Cl)c(Cl)c2)[S+]([O-])N3)cc1. The van der Waals surface area contributed by atoms with Gasteiger partial charge >= 0.3 is 0 Å². The van der Waals surface area contributed by atoms with E-state index in [1.54, 1.807) is 37.4 Å². The zero-order valence-corrected chi connectivity index (χ0v) is 19.7. The first kappa shape index (κ1) is 23.2. The monoisotopic (exact) mass is 500 g/mol. The van der Waals surface area contributed by atoms with Gasteiger partial charge in [0.2, 0.25) is 10.7 Å². The van der Waals surface area contributed by atoms with Gasteiger partial charge in [-0.2, -0.15) is 0 Å². The number of anilines is 1. The molecule has 3 aromatic rings. The van der Waals surface area contributed by atoms with Crippen molar-refractivity contribution >= 4 is 58.0 Å². The summed E-state index contributed by atoms with van der Waals surface area (Å²) < 4.78 is 20.5. The molecule has 1 aliphatic heterocycles. The Balaban J connectivity index is 1.54. The summed E-state index contributed by atoms with van der Waals surface area (Å²) in [5, 5.41) is 3.53. The molecule has 4 rings (SSSR count). The second-order valence-electron chi connectivity index (χ2n) is 7.17. The van der Waals surface area contributed by atoms with Crippen LogP contribution in [0.25, 0.3) is 6.08 Å². The molecule has 1 heterocycles. The van der Waals surface area contributed by atoms with Gasteiger partial charge in [0, 0.05) is 18.2 Å². The van der Waals surface area contributed by atoms with E-state index >= 15 is 0 Å². The van der Waals surface area contributed by atoms with Crippen LogP contribution in [0.15, 0.2) is 65.6 Å². The van der Waals surface area contributed by atoms with E-state index in [4.69, 9.17) is 27.9 Å². The number of carbonyl (C=O) groups is 2. The van der Waals surface area contributed by atoms with Crippen LogP contribution in [0.5, 0.6) is 5.75 Å². The van der Waals surface area contributed by atoms with Crippen LogP contribution in [0, 0.1) is 0 Å². The number of Topliss-reactive ketones (excluding diaryl/α,β-unsaturated/α-hetero) is 1. The van der Waals surface area contributed by atoms with Crippen LogP contribution in [0.1, 0.15) is 31.8 Å². The Kier molecular flexibility index (Phi) is 6.95. The van der Waals surface area contributed by atoms with Crippen molar-refractivity contribution in [2.45, 2.75) is 6.54 Å². The van der Waals surface area contributed by atoms with Crippen LogP contribution in [-0.2, 0) is 17.9 Å². The van der Waals surface area contributed by atoms with Gasteiger partial charge in [0.15, 0.2) is 0 Å². The number of amides is 1. The third-order valence-electron chi connectivity index (χ3n) is 5.01. The molecule has 0 radical (unpaired) electrons. The quantitative estimate of drug-likeness (QED) is 0.369. The summed E-state index contributed by atoms with van der Waals surface area (Å²) in [5.74, 6) is -0.0334. The fourth-order valence-corrected chi connectivity index (χ4v) is 4.55. The van der Waals surface area contributed by atoms with Crippen molar-refractivity contribution < 1.29 is 18.9 Å². The van der Waals surface area contributed by atoms with Crippen LogP contribution in [-0.4, -0.2) is 23.4 Å². The van der Waals surface area contributed by atoms with Crippen LogP contribution < -0.4 is 14.8 Å². The van der Waals surface area contributed by atoms with E-state index < -0.39 is 17.1 Å². The highest BCUT2D eigenvalue weighted by molar-refractivity contribution is 7.97. The van der Waals surface area contributed by atoms with Crippen LogP contribution >= 0.6 is 23.2 Å². The summed E-state index contributed by atoms with van der Waals surface area (Å²) in [4.78, 5) is 25.8. The average Bonchev–Trinajstić information content (AvgIpc) is 2.82. The molecule has 0 fully saturated rings. The molecule has 6 nitrogen and oxygen atoms in total. The number of carbonyl (C=O) groups excluding carboxylic acids is 2. The molecule has 2 N–H and O–H groups in total. The number of fused-ring (bicyclic) bond motifs is 1. The molecule has 0 aliphatic carbocycles.